The summed E-state index contributed by atoms with van der Waals surface area (Å²) >= 11 is 12.6. The normalized spacial score (nSPS) is 15.0. The summed E-state index contributed by atoms with van der Waals surface area (Å²) in [6, 6.07) is 13.3. The summed E-state index contributed by atoms with van der Waals surface area (Å²) in [4.78, 5) is 38.3. The molecule has 4 rings (SSSR count). The lowest BCUT2D eigenvalue weighted by Gasteiger charge is -2.26. The second-order valence-electron chi connectivity index (χ2n) is 7.17. The minimum absolute atomic E-state index is 0.0537. The fourth-order valence-corrected chi connectivity index (χ4v) is 3.84. The third-order valence-electron chi connectivity index (χ3n) is 4.87. The van der Waals surface area contributed by atoms with Gasteiger partial charge in [-0.1, -0.05) is 41.4 Å². The maximum absolute atomic E-state index is 13.8. The number of amides is 4. The second-order valence-corrected chi connectivity index (χ2v) is 7.98. The molecule has 10 heteroatoms. The summed E-state index contributed by atoms with van der Waals surface area (Å²) in [7, 11) is 0. The van der Waals surface area contributed by atoms with Crippen LogP contribution in [0.2, 0.25) is 10.0 Å². The van der Waals surface area contributed by atoms with Gasteiger partial charge >= 0.3 is 6.03 Å². The number of aromatic hydroxyl groups is 1. The van der Waals surface area contributed by atoms with Crippen molar-refractivity contribution in [1.29, 1.82) is 0 Å². The molecule has 0 bridgehead atoms. The highest BCUT2D eigenvalue weighted by Gasteiger charge is 2.36. The summed E-state index contributed by atoms with van der Waals surface area (Å²) in [6.45, 7) is -0.114. The number of imide groups is 2. The predicted octanol–water partition coefficient (Wildman–Crippen LogP) is 5.08. The molecule has 0 unspecified atom stereocenters. The largest absolute Gasteiger partial charge is 0.508 e. The number of anilines is 1. The number of hydrogen-bond donors (Lipinski definition) is 2. The van der Waals surface area contributed by atoms with E-state index < -0.39 is 23.7 Å². The van der Waals surface area contributed by atoms with Crippen LogP contribution in [0.25, 0.3) is 6.08 Å². The highest BCUT2D eigenvalue weighted by Crippen LogP contribution is 2.36. The van der Waals surface area contributed by atoms with E-state index in [1.165, 1.54) is 48.5 Å². The smallest absolute Gasteiger partial charge is 0.335 e. The fourth-order valence-electron chi connectivity index (χ4n) is 3.23. The number of carbonyl (C=O) groups excluding carboxylic acids is 3. The Labute approximate surface area is 203 Å². The Morgan fingerprint density at radius 1 is 1.00 bits per heavy atom. The van der Waals surface area contributed by atoms with Gasteiger partial charge in [-0.2, -0.15) is 0 Å². The number of benzene rings is 3. The van der Waals surface area contributed by atoms with Crippen LogP contribution < -0.4 is 15.0 Å². The summed E-state index contributed by atoms with van der Waals surface area (Å²) in [5.41, 5.74) is 0.433. The van der Waals surface area contributed by atoms with Gasteiger partial charge in [-0.3, -0.25) is 14.9 Å². The van der Waals surface area contributed by atoms with Gasteiger partial charge in [0.25, 0.3) is 11.8 Å². The van der Waals surface area contributed by atoms with Crippen LogP contribution in [0.4, 0.5) is 14.9 Å². The van der Waals surface area contributed by atoms with Gasteiger partial charge in [-0.05, 0) is 54.1 Å². The van der Waals surface area contributed by atoms with Crippen LogP contribution >= 0.6 is 23.2 Å². The molecule has 3 aromatic rings. The standard InChI is InChI=1S/C24H15Cl2FN2O5/c25-18-10-13(11-19(26)21(18)34-12-14-3-1-2-4-20(14)27)9-17-22(31)28-24(33)29(23(17)32)15-5-7-16(30)8-6-15/h1-11,30H,12H2,(H,28,31,33)/b17-9+. The minimum Gasteiger partial charge on any atom is -0.508 e. The van der Waals surface area contributed by atoms with Gasteiger partial charge in [0.15, 0.2) is 5.75 Å². The molecule has 0 aliphatic carbocycles. The van der Waals surface area contributed by atoms with E-state index in [2.05, 4.69) is 5.32 Å². The van der Waals surface area contributed by atoms with Crippen LogP contribution in [-0.2, 0) is 16.2 Å². The van der Waals surface area contributed by atoms with E-state index in [9.17, 15) is 23.9 Å². The van der Waals surface area contributed by atoms with Crippen LogP contribution in [0.15, 0.2) is 66.2 Å². The maximum Gasteiger partial charge on any atom is 0.335 e. The monoisotopic (exact) mass is 500 g/mol. The molecule has 1 heterocycles. The summed E-state index contributed by atoms with van der Waals surface area (Å²) in [6.07, 6.45) is 1.23. The van der Waals surface area contributed by atoms with Crippen LogP contribution in [-0.4, -0.2) is 23.0 Å². The molecular weight excluding hydrogens is 486 g/mol. The van der Waals surface area contributed by atoms with Crippen LogP contribution in [0.1, 0.15) is 11.1 Å². The zero-order chi connectivity index (χ0) is 24.4. The van der Waals surface area contributed by atoms with Crippen molar-refractivity contribution in [3.8, 4) is 11.5 Å². The molecule has 1 saturated heterocycles. The van der Waals surface area contributed by atoms with E-state index in [0.29, 0.717) is 11.1 Å². The van der Waals surface area contributed by atoms with Gasteiger partial charge in [0.2, 0.25) is 0 Å². The molecule has 2 N–H and O–H groups in total. The van der Waals surface area contributed by atoms with Gasteiger partial charge < -0.3 is 9.84 Å². The maximum atomic E-state index is 13.8. The van der Waals surface area contributed by atoms with Gasteiger partial charge in [-0.25, -0.2) is 14.1 Å². The van der Waals surface area contributed by atoms with Crippen molar-refractivity contribution < 1.29 is 28.6 Å². The Hall–Kier alpha value is -3.88. The number of urea groups is 1. The Kier molecular flexibility index (Phi) is 6.54. The van der Waals surface area contributed by atoms with Crippen molar-refractivity contribution in [2.75, 3.05) is 4.90 Å². The van der Waals surface area contributed by atoms with Crippen molar-refractivity contribution in [1.82, 2.24) is 5.32 Å². The molecule has 172 valence electrons. The third kappa shape index (κ3) is 4.73. The molecule has 0 aromatic heterocycles. The quantitative estimate of drug-likeness (QED) is 0.376. The summed E-state index contributed by atoms with van der Waals surface area (Å²) in [5, 5.41) is 11.7. The lowest BCUT2D eigenvalue weighted by molar-refractivity contribution is -0.122. The zero-order valence-corrected chi connectivity index (χ0v) is 18.7. The Morgan fingerprint density at radius 3 is 2.29 bits per heavy atom. The number of nitrogens with zero attached hydrogens (tertiary/aromatic N) is 1. The van der Waals surface area contributed by atoms with Gasteiger partial charge in [0, 0.05) is 5.56 Å². The Bertz CT molecular complexity index is 1320. The molecule has 0 spiro atoms. The molecule has 7 nitrogen and oxygen atoms in total. The van der Waals surface area contributed by atoms with E-state index in [1.54, 1.807) is 18.2 Å². The zero-order valence-electron chi connectivity index (χ0n) is 17.2. The number of rotatable bonds is 5. The molecule has 1 fully saturated rings. The topological polar surface area (TPSA) is 95.9 Å². The predicted molar refractivity (Wildman–Crippen MR) is 124 cm³/mol. The second kappa shape index (κ2) is 9.54. The SMILES string of the molecule is O=C1NC(=O)N(c2ccc(O)cc2)C(=O)/C1=C/c1cc(Cl)c(OCc2ccccc2F)c(Cl)c1. The summed E-state index contributed by atoms with van der Waals surface area (Å²) in [5.74, 6) is -2.15. The van der Waals surface area contributed by atoms with Crippen molar-refractivity contribution in [3.05, 3.63) is 93.2 Å². The molecule has 0 radical (unpaired) electrons. The van der Waals surface area contributed by atoms with E-state index >= 15 is 0 Å². The highest BCUT2D eigenvalue weighted by molar-refractivity contribution is 6.40. The van der Waals surface area contributed by atoms with E-state index in [1.807, 2.05) is 0 Å². The van der Waals surface area contributed by atoms with Crippen molar-refractivity contribution in [2.24, 2.45) is 0 Å². The molecular formula is C24H15Cl2FN2O5. The van der Waals surface area contributed by atoms with Crippen LogP contribution in [0, 0.1) is 5.82 Å². The van der Waals surface area contributed by atoms with E-state index in [0.717, 1.165) is 4.90 Å². The first-order chi connectivity index (χ1) is 16.2. The number of barbiturate groups is 1. The molecule has 0 atom stereocenters. The first-order valence-corrected chi connectivity index (χ1v) is 10.6. The average Bonchev–Trinajstić information content (AvgIpc) is 2.78. The number of ether oxygens (including phenoxy) is 1. The Balaban J connectivity index is 1.61. The number of nitrogens with one attached hydrogen (secondary N) is 1. The lowest BCUT2D eigenvalue weighted by atomic mass is 10.1. The van der Waals surface area contributed by atoms with Gasteiger partial charge in [-0.15, -0.1) is 0 Å². The Morgan fingerprint density at radius 2 is 1.65 bits per heavy atom. The fraction of sp³-hybridized carbons (Fsp3) is 0.0417. The molecule has 1 aliphatic heterocycles. The first kappa shape index (κ1) is 23.3. The molecule has 1 aliphatic rings. The molecule has 0 saturated carbocycles. The van der Waals surface area contributed by atoms with Gasteiger partial charge in [0.1, 0.15) is 23.7 Å². The van der Waals surface area contributed by atoms with E-state index in [-0.39, 0.29) is 39.4 Å². The van der Waals surface area contributed by atoms with Crippen molar-refractivity contribution in [3.63, 3.8) is 0 Å². The number of phenols is 1. The molecule has 4 amide bonds. The van der Waals surface area contributed by atoms with Crippen LogP contribution in [0.3, 0.4) is 0 Å². The van der Waals surface area contributed by atoms with E-state index in [4.69, 9.17) is 27.9 Å². The number of halogens is 3. The molecule has 34 heavy (non-hydrogen) atoms. The number of phenolic OH excluding ortho intramolecular Hbond substituents is 1. The van der Waals surface area contributed by atoms with Crippen LogP contribution in [0.5, 0.6) is 11.5 Å². The third-order valence-corrected chi connectivity index (χ3v) is 5.43. The van der Waals surface area contributed by atoms with Gasteiger partial charge in [0.05, 0.1) is 15.7 Å². The minimum atomic E-state index is -0.925. The summed E-state index contributed by atoms with van der Waals surface area (Å²) < 4.78 is 19.4. The number of carbonyl (C=O) groups is 3. The highest BCUT2D eigenvalue weighted by atomic mass is 35.5. The first-order valence-electron chi connectivity index (χ1n) is 9.80. The average molecular weight is 501 g/mol. The number of hydrogen-bond acceptors (Lipinski definition) is 5. The van der Waals surface area contributed by atoms with Crippen molar-refractivity contribution in [2.45, 2.75) is 6.61 Å². The van der Waals surface area contributed by atoms with Crippen molar-refractivity contribution >= 4 is 52.8 Å². The lowest BCUT2D eigenvalue weighted by Crippen LogP contribution is -2.54. The molecule has 3 aromatic carbocycles.